The molecule has 20 heavy (non-hydrogen) atoms. The fraction of sp³-hybridized carbons (Fsp3) is 0.385. The minimum absolute atomic E-state index is 0.0599. The van der Waals surface area contributed by atoms with Crippen molar-refractivity contribution in [1.29, 1.82) is 5.26 Å². The first-order chi connectivity index (χ1) is 9.37. The van der Waals surface area contributed by atoms with Gasteiger partial charge in [-0.15, -0.1) is 0 Å². The molecule has 0 aromatic heterocycles. The van der Waals surface area contributed by atoms with Gasteiger partial charge in [-0.25, -0.2) is 8.42 Å². The molecule has 1 saturated heterocycles. The Morgan fingerprint density at radius 3 is 2.75 bits per heavy atom. The van der Waals surface area contributed by atoms with Gasteiger partial charge in [0.05, 0.1) is 16.5 Å². The number of carboxylic acids is 1. The summed E-state index contributed by atoms with van der Waals surface area (Å²) in [4.78, 5) is 11.2. The number of rotatable bonds is 3. The molecule has 0 unspecified atom stereocenters. The molecule has 1 atom stereocenters. The van der Waals surface area contributed by atoms with Crippen LogP contribution in [0.4, 0.5) is 0 Å². The van der Waals surface area contributed by atoms with E-state index in [9.17, 15) is 13.2 Å². The van der Waals surface area contributed by atoms with Crippen LogP contribution in [0.2, 0.25) is 0 Å². The van der Waals surface area contributed by atoms with E-state index in [1.54, 1.807) is 6.92 Å². The summed E-state index contributed by atoms with van der Waals surface area (Å²) in [5.74, 6) is -1.13. The fourth-order valence-corrected chi connectivity index (χ4v) is 4.27. The molecule has 1 fully saturated rings. The molecule has 1 aliphatic rings. The van der Waals surface area contributed by atoms with Crippen molar-refractivity contribution in [1.82, 2.24) is 4.31 Å². The standard InChI is InChI=1S/C13H14N2O4S/c1-9-7-10(8-14)4-5-12(9)20(18,19)15-6-2-3-11(15)13(16)17/h4-5,7,11H,2-3,6H2,1H3,(H,16,17)/t11-/m0/s1. The van der Waals surface area contributed by atoms with Crippen LogP contribution < -0.4 is 0 Å². The monoisotopic (exact) mass is 294 g/mol. The summed E-state index contributed by atoms with van der Waals surface area (Å²) >= 11 is 0. The van der Waals surface area contributed by atoms with Gasteiger partial charge in [0.15, 0.2) is 0 Å². The first kappa shape index (κ1) is 14.5. The minimum Gasteiger partial charge on any atom is -0.480 e. The molecule has 0 radical (unpaired) electrons. The molecule has 1 heterocycles. The number of benzene rings is 1. The van der Waals surface area contributed by atoms with Crippen molar-refractivity contribution in [2.45, 2.75) is 30.7 Å². The molecule has 0 spiro atoms. The number of carbonyl (C=O) groups is 1. The van der Waals surface area contributed by atoms with Crippen molar-refractivity contribution in [2.24, 2.45) is 0 Å². The highest BCUT2D eigenvalue weighted by atomic mass is 32.2. The van der Waals surface area contributed by atoms with Crippen LogP contribution in [-0.4, -0.2) is 36.4 Å². The van der Waals surface area contributed by atoms with E-state index in [1.165, 1.54) is 18.2 Å². The van der Waals surface area contributed by atoms with Crippen molar-refractivity contribution < 1.29 is 18.3 Å². The van der Waals surface area contributed by atoms with E-state index in [0.29, 0.717) is 24.0 Å². The average Bonchev–Trinajstić information content (AvgIpc) is 2.88. The second-order valence-electron chi connectivity index (χ2n) is 4.70. The molecule has 2 rings (SSSR count). The van der Waals surface area contributed by atoms with Crippen LogP contribution >= 0.6 is 0 Å². The Balaban J connectivity index is 2.46. The van der Waals surface area contributed by atoms with E-state index >= 15 is 0 Å². The first-order valence-corrected chi connectivity index (χ1v) is 7.57. The maximum absolute atomic E-state index is 12.5. The van der Waals surface area contributed by atoms with Crippen LogP contribution in [0.5, 0.6) is 0 Å². The van der Waals surface area contributed by atoms with Gasteiger partial charge in [-0.1, -0.05) is 0 Å². The maximum Gasteiger partial charge on any atom is 0.322 e. The second kappa shape index (κ2) is 5.23. The maximum atomic E-state index is 12.5. The fourth-order valence-electron chi connectivity index (χ4n) is 2.41. The summed E-state index contributed by atoms with van der Waals surface area (Å²) in [6.45, 7) is 1.80. The molecule has 0 bridgehead atoms. The van der Waals surface area contributed by atoms with Crippen molar-refractivity contribution >= 4 is 16.0 Å². The lowest BCUT2D eigenvalue weighted by Crippen LogP contribution is -2.40. The van der Waals surface area contributed by atoms with Crippen molar-refractivity contribution in [3.8, 4) is 6.07 Å². The summed E-state index contributed by atoms with van der Waals surface area (Å²) < 4.78 is 26.1. The predicted octanol–water partition coefficient (Wildman–Crippen LogP) is 1.10. The quantitative estimate of drug-likeness (QED) is 0.900. The van der Waals surface area contributed by atoms with Crippen LogP contribution in [0.3, 0.4) is 0 Å². The van der Waals surface area contributed by atoms with Gasteiger partial charge >= 0.3 is 5.97 Å². The lowest BCUT2D eigenvalue weighted by atomic mass is 10.2. The molecule has 6 nitrogen and oxygen atoms in total. The highest BCUT2D eigenvalue weighted by molar-refractivity contribution is 7.89. The number of aryl methyl sites for hydroxylation is 1. The number of sulfonamides is 1. The molecule has 7 heteroatoms. The zero-order chi connectivity index (χ0) is 14.9. The smallest absolute Gasteiger partial charge is 0.322 e. The topological polar surface area (TPSA) is 98.5 Å². The van der Waals surface area contributed by atoms with Crippen LogP contribution in [0.15, 0.2) is 23.1 Å². The van der Waals surface area contributed by atoms with Gasteiger partial charge in [0.1, 0.15) is 6.04 Å². The van der Waals surface area contributed by atoms with Gasteiger partial charge < -0.3 is 5.11 Å². The number of carboxylic acid groups (broad SMARTS) is 1. The zero-order valence-electron chi connectivity index (χ0n) is 10.9. The molecule has 1 aliphatic heterocycles. The third-order valence-corrected chi connectivity index (χ3v) is 5.45. The Morgan fingerprint density at radius 1 is 1.50 bits per heavy atom. The Bertz CT molecular complexity index is 691. The average molecular weight is 294 g/mol. The summed E-state index contributed by atoms with van der Waals surface area (Å²) in [7, 11) is -3.85. The third-order valence-electron chi connectivity index (χ3n) is 3.38. The van der Waals surface area contributed by atoms with E-state index in [1.807, 2.05) is 6.07 Å². The van der Waals surface area contributed by atoms with Gasteiger partial charge in [0.2, 0.25) is 10.0 Å². The summed E-state index contributed by atoms with van der Waals surface area (Å²) in [5.41, 5.74) is 0.817. The van der Waals surface area contributed by atoms with Crippen LogP contribution in [0.1, 0.15) is 24.0 Å². The predicted molar refractivity (Wildman–Crippen MR) is 70.4 cm³/mol. The summed E-state index contributed by atoms with van der Waals surface area (Å²) in [6.07, 6.45) is 0.857. The molecule has 1 N–H and O–H groups in total. The lowest BCUT2D eigenvalue weighted by molar-refractivity contribution is -0.140. The van der Waals surface area contributed by atoms with Gasteiger partial charge in [0, 0.05) is 6.54 Å². The Morgan fingerprint density at radius 2 is 2.20 bits per heavy atom. The number of hydrogen-bond acceptors (Lipinski definition) is 4. The SMILES string of the molecule is Cc1cc(C#N)ccc1S(=O)(=O)N1CCC[C@H]1C(=O)O. The number of nitriles is 1. The molecule has 0 saturated carbocycles. The van der Waals surface area contributed by atoms with Crippen LogP contribution in [-0.2, 0) is 14.8 Å². The van der Waals surface area contributed by atoms with Crippen molar-refractivity contribution in [3.63, 3.8) is 0 Å². The highest BCUT2D eigenvalue weighted by Crippen LogP contribution is 2.28. The van der Waals surface area contributed by atoms with E-state index in [4.69, 9.17) is 10.4 Å². The number of nitrogens with zero attached hydrogens (tertiary/aromatic N) is 2. The minimum atomic E-state index is -3.85. The number of hydrogen-bond donors (Lipinski definition) is 1. The van der Waals surface area contributed by atoms with Crippen molar-refractivity contribution in [2.75, 3.05) is 6.54 Å². The van der Waals surface area contributed by atoms with Crippen LogP contribution in [0, 0.1) is 18.3 Å². The molecular formula is C13H14N2O4S. The number of aliphatic carboxylic acids is 1. The van der Waals surface area contributed by atoms with Crippen molar-refractivity contribution in [3.05, 3.63) is 29.3 Å². The van der Waals surface area contributed by atoms with E-state index in [2.05, 4.69) is 0 Å². The van der Waals surface area contributed by atoms with E-state index < -0.39 is 22.0 Å². The summed E-state index contributed by atoms with van der Waals surface area (Å²) in [6, 6.07) is 5.20. The Hall–Kier alpha value is -1.91. The van der Waals surface area contributed by atoms with Crippen LogP contribution in [0.25, 0.3) is 0 Å². The largest absolute Gasteiger partial charge is 0.480 e. The van der Waals surface area contributed by atoms with Gasteiger partial charge in [-0.3, -0.25) is 4.79 Å². The van der Waals surface area contributed by atoms with E-state index in [-0.39, 0.29) is 11.4 Å². The zero-order valence-corrected chi connectivity index (χ0v) is 11.7. The molecule has 1 aromatic rings. The molecule has 1 aromatic carbocycles. The van der Waals surface area contributed by atoms with Gasteiger partial charge in [-0.2, -0.15) is 9.57 Å². The van der Waals surface area contributed by atoms with E-state index in [0.717, 1.165) is 4.31 Å². The lowest BCUT2D eigenvalue weighted by Gasteiger charge is -2.22. The van der Waals surface area contributed by atoms with Gasteiger partial charge in [-0.05, 0) is 43.5 Å². The Kier molecular flexibility index (Phi) is 3.79. The summed E-state index contributed by atoms with van der Waals surface area (Å²) in [5, 5.41) is 17.9. The third kappa shape index (κ3) is 2.40. The highest BCUT2D eigenvalue weighted by Gasteiger charge is 2.39. The first-order valence-electron chi connectivity index (χ1n) is 6.13. The second-order valence-corrected chi connectivity index (χ2v) is 6.56. The molecule has 0 amide bonds. The molecular weight excluding hydrogens is 280 g/mol. The molecule has 106 valence electrons. The normalized spacial score (nSPS) is 19.7. The molecule has 0 aliphatic carbocycles. The Labute approximate surface area is 117 Å². The van der Waals surface area contributed by atoms with Gasteiger partial charge in [0.25, 0.3) is 0 Å².